The number of likely N-dealkylation sites (tertiary alicyclic amines) is 1. The lowest BCUT2D eigenvalue weighted by atomic mass is 9.97. The first kappa shape index (κ1) is 17.2. The number of nitrogens with one attached hydrogen (secondary N) is 2. The normalized spacial score (nSPS) is 20.2. The third-order valence-corrected chi connectivity index (χ3v) is 5.75. The first-order chi connectivity index (χ1) is 13.8. The van der Waals surface area contributed by atoms with E-state index < -0.39 is 0 Å². The Labute approximate surface area is 164 Å². The van der Waals surface area contributed by atoms with E-state index in [0.29, 0.717) is 11.9 Å². The fourth-order valence-corrected chi connectivity index (χ4v) is 3.98. The van der Waals surface area contributed by atoms with E-state index >= 15 is 0 Å². The molecule has 2 aromatic heterocycles. The SMILES string of the molecule is CN1CCC(CNc2ncc3c(C4=CN5CC=CN=C5C=C4)c[nH]c3n2)CC1. The highest BCUT2D eigenvalue weighted by Crippen LogP contribution is 2.28. The molecule has 144 valence electrons. The Morgan fingerprint density at radius 1 is 1.25 bits per heavy atom. The van der Waals surface area contributed by atoms with Crippen LogP contribution in [0.25, 0.3) is 16.6 Å². The van der Waals surface area contributed by atoms with Gasteiger partial charge in [0.1, 0.15) is 11.5 Å². The van der Waals surface area contributed by atoms with Gasteiger partial charge >= 0.3 is 0 Å². The molecule has 1 saturated heterocycles. The highest BCUT2D eigenvalue weighted by atomic mass is 15.2. The maximum atomic E-state index is 4.68. The van der Waals surface area contributed by atoms with Crippen LogP contribution in [0.2, 0.25) is 0 Å². The van der Waals surface area contributed by atoms with Gasteiger partial charge in [-0.15, -0.1) is 0 Å². The van der Waals surface area contributed by atoms with Gasteiger partial charge in [-0.3, -0.25) is 0 Å². The van der Waals surface area contributed by atoms with Crippen LogP contribution in [0.3, 0.4) is 0 Å². The number of fused-ring (bicyclic) bond motifs is 2. The van der Waals surface area contributed by atoms with Gasteiger partial charge in [0.05, 0.1) is 0 Å². The van der Waals surface area contributed by atoms with Crippen LogP contribution in [0, 0.1) is 5.92 Å². The molecule has 0 aromatic carbocycles. The molecule has 3 aliphatic heterocycles. The Kier molecular flexibility index (Phi) is 4.44. The zero-order valence-corrected chi connectivity index (χ0v) is 16.1. The molecule has 7 heteroatoms. The third-order valence-electron chi connectivity index (χ3n) is 5.75. The number of nitrogens with zero attached hydrogens (tertiary/aromatic N) is 5. The number of piperidine rings is 1. The molecule has 0 saturated carbocycles. The van der Waals surface area contributed by atoms with Crippen LogP contribution in [-0.4, -0.2) is 63.8 Å². The number of aromatic nitrogens is 3. The molecule has 0 radical (unpaired) electrons. The molecule has 0 amide bonds. The second-order valence-corrected chi connectivity index (χ2v) is 7.73. The molecule has 5 rings (SSSR count). The summed E-state index contributed by atoms with van der Waals surface area (Å²) in [5.41, 5.74) is 3.11. The van der Waals surface area contributed by atoms with Gasteiger partial charge in [-0.1, -0.05) is 0 Å². The molecule has 2 N–H and O–H groups in total. The Bertz CT molecular complexity index is 989. The van der Waals surface area contributed by atoms with Gasteiger partial charge in [-0.25, -0.2) is 9.98 Å². The quantitative estimate of drug-likeness (QED) is 0.860. The van der Waals surface area contributed by atoms with Crippen molar-refractivity contribution in [3.05, 3.63) is 48.6 Å². The predicted molar refractivity (Wildman–Crippen MR) is 113 cm³/mol. The van der Waals surface area contributed by atoms with E-state index in [4.69, 9.17) is 0 Å². The van der Waals surface area contributed by atoms with Crippen molar-refractivity contribution in [3.63, 3.8) is 0 Å². The van der Waals surface area contributed by atoms with Gasteiger partial charge in [0.15, 0.2) is 0 Å². The summed E-state index contributed by atoms with van der Waals surface area (Å²) in [5.74, 6) is 2.37. The number of allylic oxidation sites excluding steroid dienone is 2. The summed E-state index contributed by atoms with van der Waals surface area (Å²) in [6, 6.07) is 0. The molecule has 0 unspecified atom stereocenters. The van der Waals surface area contributed by atoms with E-state index in [1.54, 1.807) is 0 Å². The number of aliphatic imine (C=N–C) groups is 1. The standard InChI is InChI=1S/C21H25N7/c1-27-9-5-15(6-10-27)11-24-21-25-13-18-17(12-23-20(18)26-21)16-3-4-19-22-7-2-8-28(19)14-16/h2-4,7,12-15H,5-6,8-11H2,1H3,(H2,23,24,25,26). The zero-order chi connectivity index (χ0) is 18.9. The lowest BCUT2D eigenvalue weighted by molar-refractivity contribution is 0.226. The summed E-state index contributed by atoms with van der Waals surface area (Å²) in [4.78, 5) is 21.5. The number of aromatic amines is 1. The number of anilines is 1. The van der Waals surface area contributed by atoms with E-state index in [0.717, 1.165) is 41.1 Å². The van der Waals surface area contributed by atoms with E-state index in [-0.39, 0.29) is 0 Å². The van der Waals surface area contributed by atoms with Crippen LogP contribution in [0.15, 0.2) is 48.0 Å². The van der Waals surface area contributed by atoms with E-state index in [9.17, 15) is 0 Å². The first-order valence-electron chi connectivity index (χ1n) is 9.92. The average molecular weight is 375 g/mol. The summed E-state index contributed by atoms with van der Waals surface area (Å²) in [5, 5.41) is 4.46. The minimum atomic E-state index is 0.696. The van der Waals surface area contributed by atoms with Crippen LogP contribution in [-0.2, 0) is 0 Å². The molecule has 7 nitrogen and oxygen atoms in total. The number of rotatable bonds is 4. The topological polar surface area (TPSA) is 72.4 Å². The first-order valence-corrected chi connectivity index (χ1v) is 9.92. The van der Waals surface area contributed by atoms with Crippen molar-refractivity contribution in [2.24, 2.45) is 10.9 Å². The second kappa shape index (κ2) is 7.24. The Morgan fingerprint density at radius 3 is 3.04 bits per heavy atom. The van der Waals surface area contributed by atoms with E-state index in [2.05, 4.69) is 66.5 Å². The predicted octanol–water partition coefficient (Wildman–Crippen LogP) is 2.85. The van der Waals surface area contributed by atoms with Gasteiger partial charge in [0.25, 0.3) is 0 Å². The highest BCUT2D eigenvalue weighted by molar-refractivity contribution is 6.03. The zero-order valence-electron chi connectivity index (χ0n) is 16.1. The van der Waals surface area contributed by atoms with Crippen molar-refractivity contribution in [1.82, 2.24) is 24.8 Å². The highest BCUT2D eigenvalue weighted by Gasteiger charge is 2.18. The summed E-state index contributed by atoms with van der Waals surface area (Å²) < 4.78 is 0. The van der Waals surface area contributed by atoms with Crippen LogP contribution < -0.4 is 5.32 Å². The lowest BCUT2D eigenvalue weighted by Crippen LogP contribution is -2.33. The molecule has 2 aromatic rings. The van der Waals surface area contributed by atoms with Gasteiger partial charge in [0.2, 0.25) is 5.95 Å². The Morgan fingerprint density at radius 2 is 2.14 bits per heavy atom. The van der Waals surface area contributed by atoms with Gasteiger partial charge in [0, 0.05) is 54.4 Å². The molecule has 3 aliphatic rings. The number of hydrogen-bond donors (Lipinski definition) is 2. The van der Waals surface area contributed by atoms with Gasteiger partial charge in [-0.05, 0) is 57.1 Å². The molecule has 28 heavy (non-hydrogen) atoms. The molecule has 0 bridgehead atoms. The smallest absolute Gasteiger partial charge is 0.224 e. The second-order valence-electron chi connectivity index (χ2n) is 7.73. The summed E-state index contributed by atoms with van der Waals surface area (Å²) >= 11 is 0. The maximum absolute atomic E-state index is 4.68. The molecule has 0 spiro atoms. The fraction of sp³-hybridized carbons (Fsp3) is 0.381. The van der Waals surface area contributed by atoms with Crippen molar-refractivity contribution < 1.29 is 0 Å². The molecule has 0 atom stereocenters. The third kappa shape index (κ3) is 3.33. The van der Waals surface area contributed by atoms with Gasteiger partial charge < -0.3 is 20.1 Å². The minimum Gasteiger partial charge on any atom is -0.354 e. The number of hydrogen-bond acceptors (Lipinski definition) is 6. The fourth-order valence-electron chi connectivity index (χ4n) is 3.98. The summed E-state index contributed by atoms with van der Waals surface area (Å²) in [6.07, 6.45) is 16.6. The van der Waals surface area contributed by atoms with Crippen molar-refractivity contribution >= 4 is 28.4 Å². The summed E-state index contributed by atoms with van der Waals surface area (Å²) in [6.45, 7) is 4.13. The maximum Gasteiger partial charge on any atom is 0.224 e. The number of amidine groups is 1. The van der Waals surface area contributed by atoms with Crippen LogP contribution in [0.5, 0.6) is 0 Å². The van der Waals surface area contributed by atoms with Crippen molar-refractivity contribution in [1.29, 1.82) is 0 Å². The average Bonchev–Trinajstić information content (AvgIpc) is 3.16. The van der Waals surface area contributed by atoms with Crippen molar-refractivity contribution in [3.8, 4) is 0 Å². The minimum absolute atomic E-state index is 0.696. The Hall–Kier alpha value is -2.93. The van der Waals surface area contributed by atoms with Gasteiger partial charge in [-0.2, -0.15) is 4.98 Å². The van der Waals surface area contributed by atoms with Crippen molar-refractivity contribution in [2.75, 3.05) is 38.5 Å². The molecule has 0 aliphatic carbocycles. The molecule has 5 heterocycles. The molecular weight excluding hydrogens is 350 g/mol. The Balaban J connectivity index is 1.32. The van der Waals surface area contributed by atoms with E-state index in [1.807, 2.05) is 18.6 Å². The van der Waals surface area contributed by atoms with E-state index in [1.165, 1.54) is 25.9 Å². The molecule has 1 fully saturated rings. The lowest BCUT2D eigenvalue weighted by Gasteiger charge is -2.28. The molecular formula is C21H25N7. The van der Waals surface area contributed by atoms with Crippen LogP contribution >= 0.6 is 0 Å². The van der Waals surface area contributed by atoms with Crippen LogP contribution in [0.4, 0.5) is 5.95 Å². The monoisotopic (exact) mass is 375 g/mol. The summed E-state index contributed by atoms with van der Waals surface area (Å²) in [7, 11) is 2.19. The van der Waals surface area contributed by atoms with Crippen molar-refractivity contribution in [2.45, 2.75) is 12.8 Å². The largest absolute Gasteiger partial charge is 0.354 e. The van der Waals surface area contributed by atoms with Crippen LogP contribution in [0.1, 0.15) is 18.4 Å². The number of H-pyrrole nitrogens is 1.